The quantitative estimate of drug-likeness (QED) is 0.764. The summed E-state index contributed by atoms with van der Waals surface area (Å²) in [7, 11) is 0. The fourth-order valence-electron chi connectivity index (χ4n) is 1.98. The van der Waals surface area contributed by atoms with Crippen molar-refractivity contribution < 1.29 is 4.79 Å². The molecule has 1 aromatic rings. The van der Waals surface area contributed by atoms with Gasteiger partial charge in [0.15, 0.2) is 5.82 Å². The van der Waals surface area contributed by atoms with Crippen LogP contribution in [-0.2, 0) is 0 Å². The average Bonchev–Trinajstić information content (AvgIpc) is 2.32. The second kappa shape index (κ2) is 4.99. The van der Waals surface area contributed by atoms with Crippen molar-refractivity contribution in [2.45, 2.75) is 19.8 Å². The van der Waals surface area contributed by atoms with Crippen molar-refractivity contribution in [2.75, 3.05) is 18.4 Å². The Morgan fingerprint density at radius 3 is 3.06 bits per heavy atom. The van der Waals surface area contributed by atoms with Gasteiger partial charge in [-0.2, -0.15) is 5.10 Å². The molecule has 0 aromatic carbocycles. The van der Waals surface area contributed by atoms with E-state index in [0.717, 1.165) is 19.5 Å². The number of urea groups is 1. The molecule has 0 spiro atoms. The molecule has 2 amide bonds. The molecule has 1 atom stereocenters. The number of carbonyl (C=O) groups excluding carboxylic acids is 1. The number of aromatic nitrogens is 2. The Hall–Kier alpha value is -1.85. The lowest BCUT2D eigenvalue weighted by molar-refractivity contribution is 0.182. The van der Waals surface area contributed by atoms with Crippen LogP contribution in [0, 0.1) is 5.92 Å². The fraction of sp³-hybridized carbons (Fsp3) is 0.545. The maximum atomic E-state index is 11.9. The van der Waals surface area contributed by atoms with E-state index in [-0.39, 0.29) is 11.6 Å². The normalized spacial score (nSPS) is 20.1. The van der Waals surface area contributed by atoms with Crippen LogP contribution < -0.4 is 10.9 Å². The molecule has 0 bridgehead atoms. The standard InChI is InChI=1S/C11H16N4O2/c1-8-3-2-6-15(7-8)11(17)12-9-4-5-10(16)14-13-9/h4-5,8H,2-3,6-7H2,1H3,(H,14,16)(H,12,13,17). The van der Waals surface area contributed by atoms with E-state index in [0.29, 0.717) is 11.7 Å². The molecule has 0 radical (unpaired) electrons. The van der Waals surface area contributed by atoms with Gasteiger partial charge in [0.2, 0.25) is 0 Å². The van der Waals surface area contributed by atoms with Crippen LogP contribution in [0.4, 0.5) is 10.6 Å². The zero-order valence-electron chi connectivity index (χ0n) is 9.77. The number of nitrogens with one attached hydrogen (secondary N) is 2. The van der Waals surface area contributed by atoms with Crippen molar-refractivity contribution in [2.24, 2.45) is 5.92 Å². The van der Waals surface area contributed by atoms with Crippen LogP contribution in [0.5, 0.6) is 0 Å². The first-order valence-electron chi connectivity index (χ1n) is 5.77. The first-order chi connectivity index (χ1) is 8.15. The van der Waals surface area contributed by atoms with E-state index in [1.165, 1.54) is 18.6 Å². The number of likely N-dealkylation sites (tertiary alicyclic amines) is 1. The minimum Gasteiger partial charge on any atom is -0.324 e. The number of amides is 2. The van der Waals surface area contributed by atoms with Gasteiger partial charge >= 0.3 is 6.03 Å². The topological polar surface area (TPSA) is 78.1 Å². The van der Waals surface area contributed by atoms with E-state index < -0.39 is 0 Å². The summed E-state index contributed by atoms with van der Waals surface area (Å²) in [5, 5.41) is 8.68. The van der Waals surface area contributed by atoms with Gasteiger partial charge in [0.05, 0.1) is 0 Å². The summed E-state index contributed by atoms with van der Waals surface area (Å²) in [6, 6.07) is 2.67. The van der Waals surface area contributed by atoms with Crippen LogP contribution in [0.15, 0.2) is 16.9 Å². The number of rotatable bonds is 1. The smallest absolute Gasteiger partial charge is 0.323 e. The van der Waals surface area contributed by atoms with Crippen molar-refractivity contribution in [3.05, 3.63) is 22.5 Å². The highest BCUT2D eigenvalue weighted by molar-refractivity contribution is 5.88. The van der Waals surface area contributed by atoms with Crippen molar-refractivity contribution in [1.82, 2.24) is 15.1 Å². The summed E-state index contributed by atoms with van der Waals surface area (Å²) >= 11 is 0. The van der Waals surface area contributed by atoms with Crippen LogP contribution in [0.1, 0.15) is 19.8 Å². The molecule has 92 valence electrons. The van der Waals surface area contributed by atoms with Crippen LogP contribution >= 0.6 is 0 Å². The molecule has 1 aliphatic rings. The average molecular weight is 236 g/mol. The second-order valence-corrected chi connectivity index (χ2v) is 4.43. The Morgan fingerprint density at radius 1 is 1.59 bits per heavy atom. The summed E-state index contributed by atoms with van der Waals surface area (Å²) in [6.07, 6.45) is 2.20. The zero-order chi connectivity index (χ0) is 12.3. The molecule has 1 aromatic heterocycles. The molecule has 1 unspecified atom stereocenters. The van der Waals surface area contributed by atoms with Crippen molar-refractivity contribution >= 4 is 11.8 Å². The highest BCUT2D eigenvalue weighted by Crippen LogP contribution is 2.16. The minimum atomic E-state index is -0.283. The number of hydrogen-bond donors (Lipinski definition) is 2. The molecule has 17 heavy (non-hydrogen) atoms. The molecular weight excluding hydrogens is 220 g/mol. The van der Waals surface area contributed by atoms with Crippen LogP contribution in [0.25, 0.3) is 0 Å². The molecule has 1 saturated heterocycles. The molecule has 2 rings (SSSR count). The van der Waals surface area contributed by atoms with E-state index in [9.17, 15) is 9.59 Å². The van der Waals surface area contributed by atoms with E-state index in [4.69, 9.17) is 0 Å². The third-order valence-corrected chi connectivity index (χ3v) is 2.86. The lowest BCUT2D eigenvalue weighted by Crippen LogP contribution is -2.41. The number of aromatic amines is 1. The number of hydrogen-bond acceptors (Lipinski definition) is 3. The van der Waals surface area contributed by atoms with Crippen LogP contribution in [-0.4, -0.2) is 34.2 Å². The molecule has 2 heterocycles. The van der Waals surface area contributed by atoms with E-state index in [1.54, 1.807) is 4.90 Å². The molecule has 1 fully saturated rings. The van der Waals surface area contributed by atoms with Gasteiger partial charge in [-0.1, -0.05) is 6.92 Å². The van der Waals surface area contributed by atoms with Crippen molar-refractivity contribution in [1.29, 1.82) is 0 Å². The van der Waals surface area contributed by atoms with Gasteiger partial charge in [-0.05, 0) is 24.8 Å². The number of H-pyrrole nitrogens is 1. The third kappa shape index (κ3) is 3.05. The van der Waals surface area contributed by atoms with Crippen molar-refractivity contribution in [3.63, 3.8) is 0 Å². The summed E-state index contributed by atoms with van der Waals surface area (Å²) < 4.78 is 0. The van der Waals surface area contributed by atoms with Crippen LogP contribution in [0.3, 0.4) is 0 Å². The minimum absolute atomic E-state index is 0.156. The Bertz CT molecular complexity index is 437. The molecular formula is C11H16N4O2. The molecule has 0 saturated carbocycles. The lowest BCUT2D eigenvalue weighted by Gasteiger charge is -2.30. The Kier molecular flexibility index (Phi) is 3.41. The van der Waals surface area contributed by atoms with Gasteiger partial charge in [0.25, 0.3) is 5.56 Å². The number of piperidine rings is 1. The summed E-state index contributed by atoms with van der Waals surface area (Å²) in [6.45, 7) is 3.69. The van der Waals surface area contributed by atoms with E-state index in [2.05, 4.69) is 22.4 Å². The predicted molar refractivity (Wildman–Crippen MR) is 63.8 cm³/mol. The predicted octanol–water partition coefficient (Wildman–Crippen LogP) is 1.03. The van der Waals surface area contributed by atoms with Gasteiger partial charge in [0, 0.05) is 19.2 Å². The van der Waals surface area contributed by atoms with Crippen LogP contribution in [0.2, 0.25) is 0 Å². The van der Waals surface area contributed by atoms with Gasteiger partial charge < -0.3 is 4.90 Å². The first kappa shape index (κ1) is 11.6. The molecule has 1 aliphatic heterocycles. The molecule has 2 N–H and O–H groups in total. The maximum absolute atomic E-state index is 11.9. The zero-order valence-corrected chi connectivity index (χ0v) is 9.77. The molecule has 0 aliphatic carbocycles. The first-order valence-corrected chi connectivity index (χ1v) is 5.77. The number of carbonyl (C=O) groups is 1. The van der Waals surface area contributed by atoms with E-state index >= 15 is 0 Å². The second-order valence-electron chi connectivity index (χ2n) is 4.43. The highest BCUT2D eigenvalue weighted by Gasteiger charge is 2.20. The Morgan fingerprint density at radius 2 is 2.41 bits per heavy atom. The maximum Gasteiger partial charge on any atom is 0.323 e. The van der Waals surface area contributed by atoms with Gasteiger partial charge in [-0.25, -0.2) is 9.89 Å². The molecule has 6 heteroatoms. The van der Waals surface area contributed by atoms with Crippen molar-refractivity contribution in [3.8, 4) is 0 Å². The number of anilines is 1. The summed E-state index contributed by atoms with van der Waals surface area (Å²) in [5.74, 6) is 0.908. The molecule has 6 nitrogen and oxygen atoms in total. The summed E-state index contributed by atoms with van der Waals surface area (Å²) in [5.41, 5.74) is -0.283. The Labute approximate surface area is 99.0 Å². The number of nitrogens with zero attached hydrogens (tertiary/aromatic N) is 2. The van der Waals surface area contributed by atoms with Gasteiger partial charge in [-0.3, -0.25) is 10.1 Å². The van der Waals surface area contributed by atoms with Gasteiger partial charge in [-0.15, -0.1) is 0 Å². The lowest BCUT2D eigenvalue weighted by atomic mass is 10.0. The monoisotopic (exact) mass is 236 g/mol. The largest absolute Gasteiger partial charge is 0.324 e. The highest BCUT2D eigenvalue weighted by atomic mass is 16.2. The van der Waals surface area contributed by atoms with E-state index in [1.807, 2.05) is 0 Å². The van der Waals surface area contributed by atoms with Gasteiger partial charge in [0.1, 0.15) is 0 Å². The summed E-state index contributed by atoms with van der Waals surface area (Å²) in [4.78, 5) is 24.5. The SMILES string of the molecule is CC1CCCN(C(=O)Nc2ccc(=O)[nH]n2)C1. The Balaban J connectivity index is 1.96. The fourth-order valence-corrected chi connectivity index (χ4v) is 1.98. The third-order valence-electron chi connectivity index (χ3n) is 2.86.